The van der Waals surface area contributed by atoms with Gasteiger partial charge in [-0.3, -0.25) is 14.4 Å². The average Bonchev–Trinajstić information content (AvgIpc) is 2.59. The molecule has 27 heavy (non-hydrogen) atoms. The third-order valence-corrected chi connectivity index (χ3v) is 3.49. The van der Waals surface area contributed by atoms with Gasteiger partial charge in [0.1, 0.15) is 5.75 Å². The molecule has 6 nitrogen and oxygen atoms in total. The van der Waals surface area contributed by atoms with Crippen molar-refractivity contribution in [3.05, 3.63) is 71.3 Å². The SMILES string of the molecule is CC(=O)Oc1cccc(C(=O)NCc2ccccc2NC(=O)C=C(C)C)c1. The van der Waals surface area contributed by atoms with Crippen molar-refractivity contribution in [3.63, 3.8) is 0 Å². The first-order valence-corrected chi connectivity index (χ1v) is 8.45. The van der Waals surface area contributed by atoms with Crippen molar-refractivity contribution in [2.24, 2.45) is 0 Å². The lowest BCUT2D eigenvalue weighted by Crippen LogP contribution is -2.23. The molecule has 0 unspecified atom stereocenters. The van der Waals surface area contributed by atoms with Gasteiger partial charge in [0.2, 0.25) is 5.91 Å². The van der Waals surface area contributed by atoms with E-state index in [2.05, 4.69) is 10.6 Å². The number of ether oxygens (including phenoxy) is 1. The van der Waals surface area contributed by atoms with Gasteiger partial charge in [-0.25, -0.2) is 0 Å². The number of allylic oxidation sites excluding steroid dienone is 1. The molecule has 2 amide bonds. The van der Waals surface area contributed by atoms with Crippen LogP contribution in [0, 0.1) is 0 Å². The van der Waals surface area contributed by atoms with E-state index in [1.165, 1.54) is 19.1 Å². The van der Waals surface area contributed by atoms with E-state index in [0.29, 0.717) is 17.0 Å². The Morgan fingerprint density at radius 3 is 2.44 bits per heavy atom. The molecule has 140 valence electrons. The molecule has 0 bridgehead atoms. The van der Waals surface area contributed by atoms with E-state index in [1.807, 2.05) is 32.0 Å². The van der Waals surface area contributed by atoms with E-state index >= 15 is 0 Å². The normalized spacial score (nSPS) is 9.89. The first-order chi connectivity index (χ1) is 12.8. The third-order valence-electron chi connectivity index (χ3n) is 3.49. The predicted octanol–water partition coefficient (Wildman–Crippen LogP) is 3.45. The summed E-state index contributed by atoms with van der Waals surface area (Å²) < 4.78 is 4.99. The van der Waals surface area contributed by atoms with E-state index < -0.39 is 5.97 Å². The Hall–Kier alpha value is -3.41. The molecule has 0 fully saturated rings. The van der Waals surface area contributed by atoms with Gasteiger partial charge in [-0.2, -0.15) is 0 Å². The van der Waals surface area contributed by atoms with Crippen LogP contribution < -0.4 is 15.4 Å². The highest BCUT2D eigenvalue weighted by Crippen LogP contribution is 2.17. The van der Waals surface area contributed by atoms with E-state index in [0.717, 1.165) is 11.1 Å². The van der Waals surface area contributed by atoms with Gasteiger partial charge in [-0.1, -0.05) is 29.8 Å². The van der Waals surface area contributed by atoms with Gasteiger partial charge in [-0.05, 0) is 43.7 Å². The van der Waals surface area contributed by atoms with E-state index in [4.69, 9.17) is 4.74 Å². The fourth-order valence-electron chi connectivity index (χ4n) is 2.37. The maximum atomic E-state index is 12.4. The fraction of sp³-hybridized carbons (Fsp3) is 0.190. The monoisotopic (exact) mass is 366 g/mol. The Morgan fingerprint density at radius 2 is 1.74 bits per heavy atom. The fourth-order valence-corrected chi connectivity index (χ4v) is 2.37. The Balaban J connectivity index is 2.06. The van der Waals surface area contributed by atoms with Gasteiger partial charge >= 0.3 is 5.97 Å². The lowest BCUT2D eigenvalue weighted by molar-refractivity contribution is -0.131. The Kier molecular flexibility index (Phi) is 6.88. The zero-order valence-electron chi connectivity index (χ0n) is 15.5. The van der Waals surface area contributed by atoms with Crippen LogP contribution in [0.5, 0.6) is 5.75 Å². The zero-order chi connectivity index (χ0) is 19.8. The summed E-state index contributed by atoms with van der Waals surface area (Å²) in [4.78, 5) is 35.4. The minimum atomic E-state index is -0.450. The van der Waals surface area contributed by atoms with Crippen molar-refractivity contribution in [2.45, 2.75) is 27.3 Å². The van der Waals surface area contributed by atoms with E-state index in [1.54, 1.807) is 24.3 Å². The summed E-state index contributed by atoms with van der Waals surface area (Å²) in [5, 5.41) is 5.62. The minimum absolute atomic E-state index is 0.220. The summed E-state index contributed by atoms with van der Waals surface area (Å²) in [7, 11) is 0. The summed E-state index contributed by atoms with van der Waals surface area (Å²) in [6.07, 6.45) is 1.51. The third kappa shape index (κ3) is 6.43. The van der Waals surface area contributed by atoms with Crippen molar-refractivity contribution >= 4 is 23.5 Å². The molecular formula is C21H22N2O4. The molecule has 6 heteroatoms. The maximum absolute atomic E-state index is 12.4. The first-order valence-electron chi connectivity index (χ1n) is 8.45. The number of rotatable bonds is 6. The number of esters is 1. The van der Waals surface area contributed by atoms with Gasteiger partial charge in [-0.15, -0.1) is 0 Å². The minimum Gasteiger partial charge on any atom is -0.427 e. The van der Waals surface area contributed by atoms with Crippen molar-refractivity contribution < 1.29 is 19.1 Å². The topological polar surface area (TPSA) is 84.5 Å². The first kappa shape index (κ1) is 19.9. The van der Waals surface area contributed by atoms with Crippen LogP contribution in [0.25, 0.3) is 0 Å². The molecule has 2 rings (SSSR count). The molecule has 0 radical (unpaired) electrons. The second-order valence-electron chi connectivity index (χ2n) is 6.17. The number of amides is 2. The van der Waals surface area contributed by atoms with Crippen molar-refractivity contribution in [2.75, 3.05) is 5.32 Å². The molecule has 0 saturated heterocycles. The van der Waals surface area contributed by atoms with Crippen LogP contribution in [-0.4, -0.2) is 17.8 Å². The van der Waals surface area contributed by atoms with Crippen LogP contribution >= 0.6 is 0 Å². The molecular weight excluding hydrogens is 344 g/mol. The molecule has 0 aromatic heterocycles. The molecule has 0 saturated carbocycles. The number of hydrogen-bond donors (Lipinski definition) is 2. The van der Waals surface area contributed by atoms with Crippen molar-refractivity contribution in [1.82, 2.24) is 5.32 Å². The highest BCUT2D eigenvalue weighted by Gasteiger charge is 2.10. The molecule has 0 aliphatic rings. The number of hydrogen-bond acceptors (Lipinski definition) is 4. The summed E-state index contributed by atoms with van der Waals surface area (Å²) >= 11 is 0. The Labute approximate surface area is 158 Å². The van der Waals surface area contributed by atoms with Gasteiger partial charge in [0.15, 0.2) is 0 Å². The molecule has 2 aromatic carbocycles. The number of nitrogens with one attached hydrogen (secondary N) is 2. The van der Waals surface area contributed by atoms with Gasteiger partial charge in [0.05, 0.1) is 0 Å². The predicted molar refractivity (Wildman–Crippen MR) is 103 cm³/mol. The number of carbonyl (C=O) groups excluding carboxylic acids is 3. The molecule has 0 spiro atoms. The standard InChI is InChI=1S/C21H22N2O4/c1-14(2)11-20(25)23-19-10-5-4-7-17(19)13-22-21(26)16-8-6-9-18(12-16)27-15(3)24/h4-12H,13H2,1-3H3,(H,22,26)(H,23,25). The van der Waals surface area contributed by atoms with Crippen LogP contribution in [-0.2, 0) is 16.1 Å². The van der Waals surface area contributed by atoms with Gasteiger partial charge in [0, 0.05) is 30.8 Å². The van der Waals surface area contributed by atoms with Crippen LogP contribution in [0.4, 0.5) is 5.69 Å². The molecule has 0 aliphatic heterocycles. The maximum Gasteiger partial charge on any atom is 0.308 e. The number of para-hydroxylation sites is 1. The van der Waals surface area contributed by atoms with Crippen LogP contribution in [0.15, 0.2) is 60.2 Å². The van der Waals surface area contributed by atoms with E-state index in [9.17, 15) is 14.4 Å². The second-order valence-corrected chi connectivity index (χ2v) is 6.17. The lowest BCUT2D eigenvalue weighted by Gasteiger charge is -2.11. The Morgan fingerprint density at radius 1 is 1.00 bits per heavy atom. The Bertz CT molecular complexity index is 883. The highest BCUT2D eigenvalue weighted by atomic mass is 16.5. The molecule has 0 atom stereocenters. The number of carbonyl (C=O) groups is 3. The van der Waals surface area contributed by atoms with Crippen molar-refractivity contribution in [3.8, 4) is 5.75 Å². The lowest BCUT2D eigenvalue weighted by atomic mass is 10.1. The summed E-state index contributed by atoms with van der Waals surface area (Å²) in [5.41, 5.74) is 2.68. The summed E-state index contributed by atoms with van der Waals surface area (Å²) in [6.45, 7) is 5.22. The number of anilines is 1. The highest BCUT2D eigenvalue weighted by molar-refractivity contribution is 6.00. The van der Waals surface area contributed by atoms with Crippen LogP contribution in [0.3, 0.4) is 0 Å². The molecule has 2 aromatic rings. The molecule has 0 heterocycles. The van der Waals surface area contributed by atoms with E-state index in [-0.39, 0.29) is 18.4 Å². The summed E-state index contributed by atoms with van der Waals surface area (Å²) in [5.74, 6) is -0.671. The molecule has 2 N–H and O–H groups in total. The van der Waals surface area contributed by atoms with Crippen molar-refractivity contribution in [1.29, 1.82) is 0 Å². The number of benzene rings is 2. The van der Waals surface area contributed by atoms with Crippen LogP contribution in [0.1, 0.15) is 36.7 Å². The smallest absolute Gasteiger partial charge is 0.308 e. The van der Waals surface area contributed by atoms with Gasteiger partial charge < -0.3 is 15.4 Å². The average molecular weight is 366 g/mol. The van der Waals surface area contributed by atoms with Crippen LogP contribution in [0.2, 0.25) is 0 Å². The van der Waals surface area contributed by atoms with Gasteiger partial charge in [0.25, 0.3) is 5.91 Å². The quantitative estimate of drug-likeness (QED) is 0.466. The largest absolute Gasteiger partial charge is 0.427 e. The molecule has 0 aliphatic carbocycles. The summed E-state index contributed by atoms with van der Waals surface area (Å²) in [6, 6.07) is 13.6. The second kappa shape index (κ2) is 9.33. The zero-order valence-corrected chi connectivity index (χ0v) is 15.5.